The number of carbonyl (C=O) groups is 1. The van der Waals surface area contributed by atoms with Crippen molar-refractivity contribution in [2.45, 2.75) is 5.92 Å². The van der Waals surface area contributed by atoms with Gasteiger partial charge in [-0.05, 0) is 24.3 Å². The minimum atomic E-state index is -1.05. The Morgan fingerprint density at radius 1 is 1.17 bits per heavy atom. The third kappa shape index (κ3) is 2.85. The van der Waals surface area contributed by atoms with Gasteiger partial charge in [-0.25, -0.2) is 4.98 Å². The normalized spacial score (nSPS) is 11.7. The van der Waals surface area contributed by atoms with Crippen molar-refractivity contribution in [2.24, 2.45) is 0 Å². The van der Waals surface area contributed by atoms with E-state index in [0.717, 1.165) is 0 Å². The van der Waals surface area contributed by atoms with Crippen LogP contribution in [-0.2, 0) is 0 Å². The SMILES string of the molecule is N#C[C@H](C(=O)c1ncoc1-c1ccccc1Cl)c1ccccn1. The van der Waals surface area contributed by atoms with Gasteiger partial charge in [0.1, 0.15) is 0 Å². The molecule has 0 bridgehead atoms. The maximum absolute atomic E-state index is 12.7. The number of halogens is 1. The molecule has 3 aromatic rings. The van der Waals surface area contributed by atoms with Crippen LogP contribution in [0.25, 0.3) is 11.3 Å². The second-order valence-corrected chi connectivity index (χ2v) is 5.10. The molecule has 2 heterocycles. The van der Waals surface area contributed by atoms with E-state index >= 15 is 0 Å². The summed E-state index contributed by atoms with van der Waals surface area (Å²) in [7, 11) is 0. The van der Waals surface area contributed by atoms with Crippen LogP contribution in [0.5, 0.6) is 0 Å². The largest absolute Gasteiger partial charge is 0.443 e. The molecule has 0 amide bonds. The molecule has 23 heavy (non-hydrogen) atoms. The zero-order valence-corrected chi connectivity index (χ0v) is 12.6. The van der Waals surface area contributed by atoms with E-state index in [2.05, 4.69) is 9.97 Å². The van der Waals surface area contributed by atoms with Crippen LogP contribution in [-0.4, -0.2) is 15.8 Å². The maximum atomic E-state index is 12.7. The fourth-order valence-corrected chi connectivity index (χ4v) is 2.42. The number of carbonyl (C=O) groups excluding carboxylic acids is 1. The van der Waals surface area contributed by atoms with Crippen LogP contribution in [0, 0.1) is 11.3 Å². The van der Waals surface area contributed by atoms with Crippen LogP contribution in [0.3, 0.4) is 0 Å². The van der Waals surface area contributed by atoms with Gasteiger partial charge in [0.2, 0.25) is 5.78 Å². The Balaban J connectivity index is 2.04. The van der Waals surface area contributed by atoms with Gasteiger partial charge in [0.05, 0.1) is 16.8 Å². The molecule has 5 nitrogen and oxygen atoms in total. The number of rotatable bonds is 4. The number of oxazole rings is 1. The number of nitrogens with zero attached hydrogens (tertiary/aromatic N) is 3. The lowest BCUT2D eigenvalue weighted by Gasteiger charge is -2.07. The van der Waals surface area contributed by atoms with Crippen molar-refractivity contribution in [3.8, 4) is 17.4 Å². The van der Waals surface area contributed by atoms with E-state index in [4.69, 9.17) is 16.0 Å². The van der Waals surface area contributed by atoms with Crippen LogP contribution in [0.4, 0.5) is 0 Å². The number of benzene rings is 1. The number of ketones is 1. The molecule has 6 heteroatoms. The Bertz CT molecular complexity index is 884. The number of hydrogen-bond donors (Lipinski definition) is 0. The van der Waals surface area contributed by atoms with Gasteiger partial charge >= 0.3 is 0 Å². The first-order valence-electron chi connectivity index (χ1n) is 6.75. The van der Waals surface area contributed by atoms with Gasteiger partial charge in [-0.1, -0.05) is 29.8 Å². The standard InChI is InChI=1S/C17H10ClN3O2/c18-13-6-2-1-5-11(13)17-15(21-10-23-17)16(22)12(9-19)14-7-3-4-8-20-14/h1-8,10,12H/t12-/m0/s1. The van der Waals surface area contributed by atoms with E-state index in [1.165, 1.54) is 12.6 Å². The summed E-state index contributed by atoms with van der Waals surface area (Å²) < 4.78 is 5.34. The summed E-state index contributed by atoms with van der Waals surface area (Å²) in [5, 5.41) is 9.80. The van der Waals surface area contributed by atoms with Gasteiger partial charge in [-0.3, -0.25) is 9.78 Å². The fraction of sp³-hybridized carbons (Fsp3) is 0.0588. The quantitative estimate of drug-likeness (QED) is 0.681. The van der Waals surface area contributed by atoms with E-state index in [-0.39, 0.29) is 11.5 Å². The van der Waals surface area contributed by atoms with Crippen LogP contribution < -0.4 is 0 Å². The zero-order chi connectivity index (χ0) is 16.2. The number of Topliss-reactive ketones (excluding diaryl/α,β-unsaturated/α-hetero) is 1. The first-order valence-corrected chi connectivity index (χ1v) is 7.13. The molecule has 0 aliphatic rings. The molecular weight excluding hydrogens is 314 g/mol. The fourth-order valence-electron chi connectivity index (χ4n) is 2.20. The molecule has 0 aliphatic heterocycles. The van der Waals surface area contributed by atoms with Crippen molar-refractivity contribution < 1.29 is 9.21 Å². The average molecular weight is 324 g/mol. The Kier molecular flexibility index (Phi) is 4.18. The van der Waals surface area contributed by atoms with Crippen molar-refractivity contribution in [1.29, 1.82) is 5.26 Å². The topological polar surface area (TPSA) is 79.8 Å². The first-order chi connectivity index (χ1) is 11.2. The summed E-state index contributed by atoms with van der Waals surface area (Å²) in [6, 6.07) is 14.0. The van der Waals surface area contributed by atoms with Gasteiger partial charge < -0.3 is 4.42 Å². The van der Waals surface area contributed by atoms with E-state index in [0.29, 0.717) is 16.3 Å². The number of nitriles is 1. The predicted molar refractivity (Wildman–Crippen MR) is 83.9 cm³/mol. The van der Waals surface area contributed by atoms with Gasteiger partial charge in [0.15, 0.2) is 23.8 Å². The molecule has 0 fully saturated rings. The van der Waals surface area contributed by atoms with E-state index in [1.807, 2.05) is 6.07 Å². The summed E-state index contributed by atoms with van der Waals surface area (Å²) >= 11 is 6.15. The van der Waals surface area contributed by atoms with Crippen molar-refractivity contribution in [3.05, 3.63) is 71.5 Å². The molecule has 1 aromatic carbocycles. The Labute approximate surface area is 137 Å². The summed E-state index contributed by atoms with van der Waals surface area (Å²) in [6.07, 6.45) is 2.70. The highest BCUT2D eigenvalue weighted by Gasteiger charge is 2.29. The number of pyridine rings is 1. The highest BCUT2D eigenvalue weighted by atomic mass is 35.5. The molecular formula is C17H10ClN3O2. The molecule has 0 saturated carbocycles. The van der Waals surface area contributed by atoms with Gasteiger partial charge in [0, 0.05) is 11.8 Å². The molecule has 0 saturated heterocycles. The lowest BCUT2D eigenvalue weighted by Crippen LogP contribution is -2.14. The minimum absolute atomic E-state index is 0.0651. The Hall–Kier alpha value is -2.97. The molecule has 0 spiro atoms. The van der Waals surface area contributed by atoms with Crippen LogP contribution in [0.2, 0.25) is 5.02 Å². The maximum Gasteiger partial charge on any atom is 0.208 e. The molecule has 2 aromatic heterocycles. The smallest absolute Gasteiger partial charge is 0.208 e. The zero-order valence-electron chi connectivity index (χ0n) is 11.8. The van der Waals surface area contributed by atoms with Gasteiger partial charge in [-0.2, -0.15) is 5.26 Å². The van der Waals surface area contributed by atoms with Crippen molar-refractivity contribution in [1.82, 2.24) is 9.97 Å². The molecule has 1 atom stereocenters. The second kappa shape index (κ2) is 6.42. The third-order valence-corrected chi connectivity index (χ3v) is 3.62. The first kappa shape index (κ1) is 14.9. The summed E-state index contributed by atoms with van der Waals surface area (Å²) in [6.45, 7) is 0. The van der Waals surface area contributed by atoms with E-state index in [9.17, 15) is 10.1 Å². The monoisotopic (exact) mass is 323 g/mol. The highest BCUT2D eigenvalue weighted by Crippen LogP contribution is 2.32. The lowest BCUT2D eigenvalue weighted by atomic mass is 9.96. The summed E-state index contributed by atoms with van der Waals surface area (Å²) in [5.41, 5.74) is 0.983. The Morgan fingerprint density at radius 3 is 2.65 bits per heavy atom. The average Bonchev–Trinajstić information content (AvgIpc) is 3.06. The predicted octanol–water partition coefficient (Wildman–Crippen LogP) is 3.88. The third-order valence-electron chi connectivity index (χ3n) is 3.29. The van der Waals surface area contributed by atoms with Crippen molar-refractivity contribution >= 4 is 17.4 Å². The number of hydrogen-bond acceptors (Lipinski definition) is 5. The summed E-state index contributed by atoms with van der Waals surface area (Å²) in [5.74, 6) is -1.28. The highest BCUT2D eigenvalue weighted by molar-refractivity contribution is 6.33. The van der Waals surface area contributed by atoms with Crippen LogP contribution in [0.15, 0.2) is 59.5 Å². The molecule has 0 aliphatic carbocycles. The molecule has 0 radical (unpaired) electrons. The molecule has 0 N–H and O–H groups in total. The van der Waals surface area contributed by atoms with Gasteiger partial charge in [0.25, 0.3) is 0 Å². The van der Waals surface area contributed by atoms with Gasteiger partial charge in [-0.15, -0.1) is 0 Å². The van der Waals surface area contributed by atoms with Crippen molar-refractivity contribution in [2.75, 3.05) is 0 Å². The second-order valence-electron chi connectivity index (χ2n) is 4.69. The minimum Gasteiger partial charge on any atom is -0.443 e. The van der Waals surface area contributed by atoms with Crippen molar-refractivity contribution in [3.63, 3.8) is 0 Å². The molecule has 0 unspecified atom stereocenters. The van der Waals surface area contributed by atoms with Crippen LogP contribution >= 0.6 is 11.6 Å². The lowest BCUT2D eigenvalue weighted by molar-refractivity contribution is 0.0973. The number of aromatic nitrogens is 2. The molecule has 3 rings (SSSR count). The Morgan fingerprint density at radius 2 is 1.96 bits per heavy atom. The van der Waals surface area contributed by atoms with Crippen LogP contribution in [0.1, 0.15) is 22.1 Å². The molecule has 112 valence electrons. The van der Waals surface area contributed by atoms with E-state index in [1.54, 1.807) is 42.5 Å². The van der Waals surface area contributed by atoms with E-state index < -0.39 is 11.7 Å². The summed E-state index contributed by atoms with van der Waals surface area (Å²) in [4.78, 5) is 20.8.